The molecular formula is C24H21F2N5O3. The summed E-state index contributed by atoms with van der Waals surface area (Å²) in [7, 11) is 1.84. The molecule has 34 heavy (non-hydrogen) atoms. The number of pyridine rings is 2. The van der Waals surface area contributed by atoms with Crippen LogP contribution < -0.4 is 14.8 Å². The monoisotopic (exact) mass is 465 g/mol. The lowest BCUT2D eigenvalue weighted by atomic mass is 9.83. The predicted octanol–water partition coefficient (Wildman–Crippen LogP) is 4.58. The molecule has 1 amide bonds. The van der Waals surface area contributed by atoms with Crippen molar-refractivity contribution in [3.05, 3.63) is 59.9 Å². The first-order chi connectivity index (χ1) is 16.0. The highest BCUT2D eigenvalue weighted by molar-refractivity contribution is 5.98. The fourth-order valence-electron chi connectivity index (χ4n) is 3.78. The van der Waals surface area contributed by atoms with Crippen molar-refractivity contribution in [1.29, 1.82) is 0 Å². The number of nitrogens with zero attached hydrogens (tertiary/aromatic N) is 4. The third-order valence-electron chi connectivity index (χ3n) is 5.90. The lowest BCUT2D eigenvalue weighted by Crippen LogP contribution is -2.35. The minimum absolute atomic E-state index is 0.0760. The number of aryl methyl sites for hydroxylation is 2. The molecule has 5 rings (SSSR count). The maximum Gasteiger partial charge on any atom is 0.586 e. The summed E-state index contributed by atoms with van der Waals surface area (Å²) in [5.41, 5.74) is 2.49. The van der Waals surface area contributed by atoms with Crippen molar-refractivity contribution >= 4 is 22.6 Å². The van der Waals surface area contributed by atoms with Crippen molar-refractivity contribution in [1.82, 2.24) is 19.7 Å². The average molecular weight is 465 g/mol. The molecule has 1 aliphatic rings. The van der Waals surface area contributed by atoms with Gasteiger partial charge >= 0.3 is 6.29 Å². The van der Waals surface area contributed by atoms with E-state index in [1.54, 1.807) is 43.1 Å². The third-order valence-corrected chi connectivity index (χ3v) is 5.90. The highest BCUT2D eigenvalue weighted by atomic mass is 19.3. The van der Waals surface area contributed by atoms with Crippen LogP contribution in [0.15, 0.2) is 48.8 Å². The molecule has 0 spiro atoms. The van der Waals surface area contributed by atoms with Crippen LogP contribution in [0.5, 0.6) is 11.5 Å². The van der Waals surface area contributed by atoms with Gasteiger partial charge < -0.3 is 14.8 Å². The van der Waals surface area contributed by atoms with Crippen molar-refractivity contribution in [2.24, 2.45) is 7.05 Å². The first kappa shape index (κ1) is 21.7. The van der Waals surface area contributed by atoms with E-state index in [-0.39, 0.29) is 17.4 Å². The molecule has 0 aliphatic carbocycles. The van der Waals surface area contributed by atoms with Gasteiger partial charge in [0.05, 0.1) is 34.7 Å². The van der Waals surface area contributed by atoms with Crippen molar-refractivity contribution in [3.63, 3.8) is 0 Å². The second kappa shape index (κ2) is 7.47. The van der Waals surface area contributed by atoms with E-state index in [0.717, 1.165) is 16.5 Å². The summed E-state index contributed by atoms with van der Waals surface area (Å²) >= 11 is 0. The normalized spacial score (nSPS) is 14.4. The number of rotatable bonds is 4. The fraction of sp³-hybridized carbons (Fsp3) is 0.250. The second-order valence-corrected chi connectivity index (χ2v) is 8.67. The maximum atomic E-state index is 13.4. The fourth-order valence-corrected chi connectivity index (χ4v) is 3.78. The smallest absolute Gasteiger partial charge is 0.395 e. The number of hydrogen-bond acceptors (Lipinski definition) is 6. The van der Waals surface area contributed by atoms with E-state index in [1.165, 1.54) is 12.1 Å². The Hall–Kier alpha value is -4.08. The number of carbonyl (C=O) groups excluding carboxylic acids is 1. The summed E-state index contributed by atoms with van der Waals surface area (Å²) in [4.78, 5) is 22.3. The average Bonchev–Trinajstić information content (AvgIpc) is 3.31. The van der Waals surface area contributed by atoms with Gasteiger partial charge in [0.25, 0.3) is 0 Å². The van der Waals surface area contributed by atoms with Crippen molar-refractivity contribution in [2.45, 2.75) is 32.5 Å². The summed E-state index contributed by atoms with van der Waals surface area (Å²) in [5.74, 6) is -0.209. The molecule has 1 N–H and O–H groups in total. The molecule has 0 atom stereocenters. The Morgan fingerprint density at radius 3 is 2.65 bits per heavy atom. The number of fused-ring (bicyclic) bond motifs is 2. The Balaban J connectivity index is 1.41. The molecule has 1 aliphatic heterocycles. The summed E-state index contributed by atoms with van der Waals surface area (Å²) in [6, 6.07) is 9.76. The number of hydrogen-bond donors (Lipinski definition) is 1. The van der Waals surface area contributed by atoms with Gasteiger partial charge in [0.2, 0.25) is 5.91 Å². The highest BCUT2D eigenvalue weighted by Crippen LogP contribution is 2.43. The molecule has 0 saturated carbocycles. The number of ether oxygens (including phenoxy) is 2. The minimum Gasteiger partial charge on any atom is -0.395 e. The van der Waals surface area contributed by atoms with E-state index in [4.69, 9.17) is 0 Å². The first-order valence-corrected chi connectivity index (χ1v) is 10.5. The highest BCUT2D eigenvalue weighted by Gasteiger charge is 2.44. The van der Waals surface area contributed by atoms with Crippen LogP contribution in [0.1, 0.15) is 25.0 Å². The van der Waals surface area contributed by atoms with Gasteiger partial charge in [-0.2, -0.15) is 5.10 Å². The van der Waals surface area contributed by atoms with Crippen LogP contribution >= 0.6 is 0 Å². The topological polar surface area (TPSA) is 91.2 Å². The van der Waals surface area contributed by atoms with Crippen LogP contribution in [-0.4, -0.2) is 32.0 Å². The molecule has 8 nitrogen and oxygen atoms in total. The van der Waals surface area contributed by atoms with Crippen LogP contribution in [0, 0.1) is 6.92 Å². The van der Waals surface area contributed by atoms with Crippen molar-refractivity contribution < 1.29 is 23.0 Å². The molecule has 0 radical (unpaired) electrons. The number of alkyl halides is 2. The molecular weight excluding hydrogens is 444 g/mol. The van der Waals surface area contributed by atoms with E-state index >= 15 is 0 Å². The standard InChI is InChI=1S/C24H21F2N5O3/c1-13-5-8-20(29-21(13)16-9-14-11-28-31(4)17(14)12-27-16)30-22(32)23(2,3)15-6-7-18-19(10-15)34-24(25,26)33-18/h5-12H,1-4H3,(H,29,30,32). The zero-order chi connectivity index (χ0) is 24.3. The predicted molar refractivity (Wildman–Crippen MR) is 121 cm³/mol. The van der Waals surface area contributed by atoms with Crippen LogP contribution in [-0.2, 0) is 17.3 Å². The van der Waals surface area contributed by atoms with Gasteiger partial charge in [-0.05, 0) is 56.2 Å². The van der Waals surface area contributed by atoms with Gasteiger partial charge in [-0.3, -0.25) is 14.5 Å². The molecule has 0 bridgehead atoms. The molecule has 3 aromatic heterocycles. The Kier molecular flexibility index (Phi) is 4.78. The largest absolute Gasteiger partial charge is 0.586 e. The number of nitrogens with one attached hydrogen (secondary N) is 1. The molecule has 4 aromatic rings. The Morgan fingerprint density at radius 1 is 1.09 bits per heavy atom. The number of carbonyl (C=O) groups is 1. The van der Waals surface area contributed by atoms with Gasteiger partial charge in [-0.15, -0.1) is 8.78 Å². The van der Waals surface area contributed by atoms with E-state index in [2.05, 4.69) is 29.9 Å². The van der Waals surface area contributed by atoms with E-state index in [1.807, 2.05) is 26.1 Å². The summed E-state index contributed by atoms with van der Waals surface area (Å²) < 4.78 is 37.4. The molecule has 0 saturated heterocycles. The van der Waals surface area contributed by atoms with Crippen LogP contribution in [0.4, 0.5) is 14.6 Å². The van der Waals surface area contributed by atoms with Crippen LogP contribution in [0.3, 0.4) is 0 Å². The Bertz CT molecular complexity index is 1450. The van der Waals surface area contributed by atoms with Crippen molar-refractivity contribution in [3.8, 4) is 22.9 Å². The SMILES string of the molecule is Cc1ccc(NC(=O)C(C)(C)c2ccc3c(c2)OC(F)(F)O3)nc1-c1cc2cnn(C)c2cn1. The first-order valence-electron chi connectivity index (χ1n) is 10.5. The van der Waals surface area contributed by atoms with Gasteiger partial charge in [0, 0.05) is 12.4 Å². The number of halogens is 2. The molecule has 174 valence electrons. The van der Waals surface area contributed by atoms with Crippen LogP contribution in [0.2, 0.25) is 0 Å². The molecule has 1 aromatic carbocycles. The lowest BCUT2D eigenvalue weighted by Gasteiger charge is -2.24. The Labute approximate surface area is 193 Å². The second-order valence-electron chi connectivity index (χ2n) is 8.67. The summed E-state index contributed by atoms with van der Waals surface area (Å²) in [6.45, 7) is 5.28. The van der Waals surface area contributed by atoms with E-state index in [9.17, 15) is 13.6 Å². The lowest BCUT2D eigenvalue weighted by molar-refractivity contribution is -0.286. The quantitative estimate of drug-likeness (QED) is 0.475. The summed E-state index contributed by atoms with van der Waals surface area (Å²) in [6.07, 6.45) is -0.232. The van der Waals surface area contributed by atoms with Gasteiger partial charge in [-0.25, -0.2) is 4.98 Å². The number of amides is 1. The molecule has 0 unspecified atom stereocenters. The van der Waals surface area contributed by atoms with Gasteiger partial charge in [0.1, 0.15) is 5.82 Å². The Morgan fingerprint density at radius 2 is 1.85 bits per heavy atom. The van der Waals surface area contributed by atoms with Crippen LogP contribution in [0.25, 0.3) is 22.3 Å². The van der Waals surface area contributed by atoms with E-state index in [0.29, 0.717) is 22.8 Å². The summed E-state index contributed by atoms with van der Waals surface area (Å²) in [5, 5.41) is 7.99. The third kappa shape index (κ3) is 3.70. The minimum atomic E-state index is -3.72. The number of anilines is 1. The van der Waals surface area contributed by atoms with Gasteiger partial charge in [-0.1, -0.05) is 12.1 Å². The number of aromatic nitrogens is 4. The maximum absolute atomic E-state index is 13.4. The molecule has 0 fully saturated rings. The van der Waals surface area contributed by atoms with Gasteiger partial charge in [0.15, 0.2) is 11.5 Å². The molecule has 4 heterocycles. The zero-order valence-corrected chi connectivity index (χ0v) is 18.9. The zero-order valence-electron chi connectivity index (χ0n) is 18.9. The molecule has 10 heteroatoms. The van der Waals surface area contributed by atoms with Crippen molar-refractivity contribution in [2.75, 3.05) is 5.32 Å². The number of benzene rings is 1. The van der Waals surface area contributed by atoms with E-state index < -0.39 is 11.7 Å².